The predicted molar refractivity (Wildman–Crippen MR) is 84.2 cm³/mol. The van der Waals surface area contributed by atoms with Crippen LogP contribution < -0.4 is 0 Å². The van der Waals surface area contributed by atoms with Crippen molar-refractivity contribution in [2.24, 2.45) is 0 Å². The summed E-state index contributed by atoms with van der Waals surface area (Å²) in [6.07, 6.45) is 2.90. The lowest BCUT2D eigenvalue weighted by molar-refractivity contribution is -0.139. The Morgan fingerprint density at radius 1 is 1.43 bits per heavy atom. The Balaban J connectivity index is 1.91. The van der Waals surface area contributed by atoms with Crippen LogP contribution in [0, 0.1) is 6.92 Å². The van der Waals surface area contributed by atoms with Gasteiger partial charge in [0.25, 0.3) is 0 Å². The summed E-state index contributed by atoms with van der Waals surface area (Å²) < 4.78 is 1.07. The number of aryl methyl sites for hydroxylation is 2. The van der Waals surface area contributed by atoms with E-state index in [1.165, 1.54) is 0 Å². The molecule has 2 rings (SSSR count). The van der Waals surface area contributed by atoms with Crippen LogP contribution in [0.4, 0.5) is 0 Å². The molecule has 1 amide bonds. The Hall–Kier alpha value is -1.36. The van der Waals surface area contributed by atoms with Crippen LogP contribution in [-0.2, 0) is 16.0 Å². The topological polar surface area (TPSA) is 57.6 Å². The molecule has 1 aromatic rings. The predicted octanol–water partition coefficient (Wildman–Crippen LogP) is 3.16. The van der Waals surface area contributed by atoms with E-state index in [9.17, 15) is 9.59 Å². The van der Waals surface area contributed by atoms with E-state index in [4.69, 9.17) is 5.11 Å². The summed E-state index contributed by atoms with van der Waals surface area (Å²) in [5.74, 6) is -0.762. The van der Waals surface area contributed by atoms with Crippen molar-refractivity contribution < 1.29 is 14.7 Å². The maximum atomic E-state index is 12.3. The standard InChI is InChI=1S/C16H20BrNO3/c1-11-9-12(4-6-14(11)17)5-7-15(19)18-8-2-3-13(18)10-16(20)21/h4,6,9,13H,2-3,5,7-8,10H2,1H3,(H,20,21). The van der Waals surface area contributed by atoms with E-state index >= 15 is 0 Å². The number of carboxylic acids is 1. The van der Waals surface area contributed by atoms with Gasteiger partial charge in [-0.2, -0.15) is 0 Å². The molecule has 0 bridgehead atoms. The van der Waals surface area contributed by atoms with Gasteiger partial charge in [0.05, 0.1) is 6.42 Å². The minimum atomic E-state index is -0.830. The molecule has 1 atom stereocenters. The monoisotopic (exact) mass is 353 g/mol. The molecule has 0 radical (unpaired) electrons. The van der Waals surface area contributed by atoms with E-state index in [2.05, 4.69) is 22.0 Å². The molecule has 0 aromatic heterocycles. The number of likely N-dealkylation sites (tertiary alicyclic amines) is 1. The van der Waals surface area contributed by atoms with Gasteiger partial charge < -0.3 is 10.0 Å². The third-order valence-corrected chi connectivity index (χ3v) is 4.85. The highest BCUT2D eigenvalue weighted by molar-refractivity contribution is 9.10. The van der Waals surface area contributed by atoms with E-state index in [0.29, 0.717) is 19.4 Å². The first kappa shape index (κ1) is 16.0. The second-order valence-corrected chi connectivity index (χ2v) is 6.42. The largest absolute Gasteiger partial charge is 0.481 e. The van der Waals surface area contributed by atoms with E-state index in [1.807, 2.05) is 19.1 Å². The number of carbonyl (C=O) groups is 2. The quantitative estimate of drug-likeness (QED) is 0.884. The van der Waals surface area contributed by atoms with Crippen LogP contribution in [-0.4, -0.2) is 34.5 Å². The molecule has 1 heterocycles. The van der Waals surface area contributed by atoms with Crippen molar-refractivity contribution in [2.75, 3.05) is 6.54 Å². The van der Waals surface area contributed by atoms with Gasteiger partial charge in [0.1, 0.15) is 0 Å². The number of carboxylic acid groups (broad SMARTS) is 1. The third kappa shape index (κ3) is 4.30. The highest BCUT2D eigenvalue weighted by atomic mass is 79.9. The molecule has 114 valence electrons. The second-order valence-electron chi connectivity index (χ2n) is 5.56. The molecule has 1 fully saturated rings. The number of carbonyl (C=O) groups excluding carboxylic acids is 1. The lowest BCUT2D eigenvalue weighted by atomic mass is 10.1. The van der Waals surface area contributed by atoms with Crippen molar-refractivity contribution >= 4 is 27.8 Å². The third-order valence-electron chi connectivity index (χ3n) is 3.96. The SMILES string of the molecule is Cc1cc(CCC(=O)N2CCCC2CC(=O)O)ccc1Br. The molecule has 5 heteroatoms. The fourth-order valence-corrected chi connectivity index (χ4v) is 3.08. The van der Waals surface area contributed by atoms with Crippen LogP contribution in [0.5, 0.6) is 0 Å². The highest BCUT2D eigenvalue weighted by Crippen LogP contribution is 2.22. The Morgan fingerprint density at radius 3 is 2.86 bits per heavy atom. The summed E-state index contributed by atoms with van der Waals surface area (Å²) in [4.78, 5) is 24.9. The summed E-state index contributed by atoms with van der Waals surface area (Å²) in [5, 5.41) is 8.90. The van der Waals surface area contributed by atoms with Crippen molar-refractivity contribution in [1.29, 1.82) is 0 Å². The molecule has 1 unspecified atom stereocenters. The first-order chi connectivity index (χ1) is 9.97. The van der Waals surface area contributed by atoms with Crippen LogP contribution in [0.1, 0.15) is 36.8 Å². The summed E-state index contributed by atoms with van der Waals surface area (Å²) in [5.41, 5.74) is 2.29. The number of hydrogen-bond donors (Lipinski definition) is 1. The van der Waals surface area contributed by atoms with Crippen LogP contribution >= 0.6 is 15.9 Å². The van der Waals surface area contributed by atoms with E-state index in [1.54, 1.807) is 4.90 Å². The Bertz CT molecular complexity index is 544. The summed E-state index contributed by atoms with van der Waals surface area (Å²) in [6, 6.07) is 5.97. The van der Waals surface area contributed by atoms with Crippen LogP contribution in [0.15, 0.2) is 22.7 Å². The molecule has 0 saturated carbocycles. The minimum Gasteiger partial charge on any atom is -0.481 e. The Labute approximate surface area is 133 Å². The van der Waals surface area contributed by atoms with Crippen molar-refractivity contribution in [1.82, 2.24) is 4.90 Å². The molecule has 1 N–H and O–H groups in total. The van der Waals surface area contributed by atoms with Gasteiger partial charge in [0.15, 0.2) is 0 Å². The fraction of sp³-hybridized carbons (Fsp3) is 0.500. The second kappa shape index (κ2) is 7.07. The lowest BCUT2D eigenvalue weighted by Gasteiger charge is -2.23. The number of nitrogens with zero attached hydrogens (tertiary/aromatic N) is 1. The maximum absolute atomic E-state index is 12.3. The molecule has 1 aromatic carbocycles. The summed E-state index contributed by atoms with van der Waals surface area (Å²) in [6.45, 7) is 2.72. The number of hydrogen-bond acceptors (Lipinski definition) is 2. The first-order valence-corrected chi connectivity index (χ1v) is 8.03. The normalized spacial score (nSPS) is 18.0. The number of amides is 1. The average molecular weight is 354 g/mol. The van der Waals surface area contributed by atoms with Crippen LogP contribution in [0.25, 0.3) is 0 Å². The maximum Gasteiger partial charge on any atom is 0.305 e. The number of benzene rings is 1. The smallest absolute Gasteiger partial charge is 0.305 e. The fourth-order valence-electron chi connectivity index (χ4n) is 2.84. The summed E-state index contributed by atoms with van der Waals surface area (Å²) >= 11 is 3.46. The molecule has 0 spiro atoms. The molecule has 4 nitrogen and oxygen atoms in total. The van der Waals surface area contributed by atoms with Gasteiger partial charge in [-0.15, -0.1) is 0 Å². The van der Waals surface area contributed by atoms with Crippen molar-refractivity contribution in [3.05, 3.63) is 33.8 Å². The number of rotatable bonds is 5. The van der Waals surface area contributed by atoms with E-state index < -0.39 is 5.97 Å². The van der Waals surface area contributed by atoms with Gasteiger partial charge in [0.2, 0.25) is 5.91 Å². The van der Waals surface area contributed by atoms with Crippen molar-refractivity contribution in [2.45, 2.75) is 45.1 Å². The van der Waals surface area contributed by atoms with Gasteiger partial charge in [-0.1, -0.05) is 28.1 Å². The molecular weight excluding hydrogens is 334 g/mol. The van der Waals surface area contributed by atoms with Crippen molar-refractivity contribution in [3.63, 3.8) is 0 Å². The van der Waals surface area contributed by atoms with Crippen LogP contribution in [0.3, 0.4) is 0 Å². The van der Waals surface area contributed by atoms with Gasteiger partial charge in [-0.05, 0) is 43.4 Å². The minimum absolute atomic E-state index is 0.0587. The molecule has 1 saturated heterocycles. The molecular formula is C16H20BrNO3. The van der Waals surface area contributed by atoms with Gasteiger partial charge in [-0.3, -0.25) is 9.59 Å². The zero-order valence-electron chi connectivity index (χ0n) is 12.1. The molecule has 21 heavy (non-hydrogen) atoms. The Kier molecular flexibility index (Phi) is 5.39. The first-order valence-electron chi connectivity index (χ1n) is 7.23. The van der Waals surface area contributed by atoms with Crippen molar-refractivity contribution in [3.8, 4) is 0 Å². The number of halogens is 1. The summed E-state index contributed by atoms with van der Waals surface area (Å²) in [7, 11) is 0. The van der Waals surface area contributed by atoms with Gasteiger partial charge in [0, 0.05) is 23.5 Å². The molecule has 1 aliphatic rings. The van der Waals surface area contributed by atoms with Gasteiger partial charge >= 0.3 is 5.97 Å². The van der Waals surface area contributed by atoms with E-state index in [0.717, 1.165) is 28.4 Å². The zero-order chi connectivity index (χ0) is 15.4. The zero-order valence-corrected chi connectivity index (χ0v) is 13.7. The average Bonchev–Trinajstić information content (AvgIpc) is 2.87. The highest BCUT2D eigenvalue weighted by Gasteiger charge is 2.29. The lowest BCUT2D eigenvalue weighted by Crippen LogP contribution is -2.36. The number of aliphatic carboxylic acids is 1. The van der Waals surface area contributed by atoms with E-state index in [-0.39, 0.29) is 18.4 Å². The Morgan fingerprint density at radius 2 is 2.19 bits per heavy atom. The molecule has 1 aliphatic heterocycles. The van der Waals surface area contributed by atoms with Crippen LogP contribution in [0.2, 0.25) is 0 Å². The van der Waals surface area contributed by atoms with Gasteiger partial charge in [-0.25, -0.2) is 0 Å². The molecule has 0 aliphatic carbocycles.